The molecule has 3 atom stereocenters. The molecule has 0 radical (unpaired) electrons. The number of benzene rings is 1. The van der Waals surface area contributed by atoms with Crippen LogP contribution in [0.3, 0.4) is 0 Å². The lowest BCUT2D eigenvalue weighted by molar-refractivity contribution is -0.146. The molecule has 0 aliphatic carbocycles. The largest absolute Gasteiger partial charge is 0.497 e. The fourth-order valence-electron chi connectivity index (χ4n) is 3.05. The van der Waals surface area contributed by atoms with Crippen LogP contribution in [0.15, 0.2) is 24.3 Å². The molecule has 1 heterocycles. The lowest BCUT2D eigenvalue weighted by Crippen LogP contribution is -2.51. The number of nitrogens with zero attached hydrogens (tertiary/aromatic N) is 1. The number of aliphatic hydroxyl groups is 1. The van der Waals surface area contributed by atoms with Gasteiger partial charge in [0.05, 0.1) is 20.3 Å². The summed E-state index contributed by atoms with van der Waals surface area (Å²) in [6.45, 7) is 1.44. The van der Waals surface area contributed by atoms with E-state index in [1.807, 2.05) is 6.07 Å². The Balaban J connectivity index is 2.13. The minimum atomic E-state index is -0.911. The number of esters is 1. The Morgan fingerprint density at radius 1 is 1.35 bits per heavy atom. The molecule has 1 aliphatic heterocycles. The van der Waals surface area contributed by atoms with Crippen LogP contribution in [0.2, 0.25) is 0 Å². The zero-order chi connectivity index (χ0) is 19.3. The monoisotopic (exact) mass is 364 g/mol. The van der Waals surface area contributed by atoms with Gasteiger partial charge in [-0.05, 0) is 17.7 Å². The highest BCUT2D eigenvalue weighted by molar-refractivity contribution is 5.91. The van der Waals surface area contributed by atoms with Gasteiger partial charge in [-0.25, -0.2) is 4.79 Å². The van der Waals surface area contributed by atoms with Crippen molar-refractivity contribution in [1.82, 2.24) is 10.2 Å². The van der Waals surface area contributed by atoms with Crippen molar-refractivity contribution < 1.29 is 29.0 Å². The highest BCUT2D eigenvalue weighted by atomic mass is 16.5. The van der Waals surface area contributed by atoms with E-state index in [0.29, 0.717) is 5.75 Å². The number of ether oxygens (including phenoxy) is 2. The molecule has 0 aromatic heterocycles. The summed E-state index contributed by atoms with van der Waals surface area (Å²) in [5, 5.41) is 12.4. The van der Waals surface area contributed by atoms with E-state index in [4.69, 9.17) is 9.47 Å². The number of methoxy groups -OCH3 is 2. The third kappa shape index (κ3) is 4.72. The van der Waals surface area contributed by atoms with Gasteiger partial charge in [-0.15, -0.1) is 0 Å². The molecule has 142 valence electrons. The lowest BCUT2D eigenvalue weighted by Gasteiger charge is -2.24. The molecule has 0 unspecified atom stereocenters. The zero-order valence-corrected chi connectivity index (χ0v) is 15.1. The molecule has 0 spiro atoms. The van der Waals surface area contributed by atoms with Crippen molar-refractivity contribution in [3.8, 4) is 5.75 Å². The average Bonchev–Trinajstić information content (AvgIpc) is 3.03. The summed E-state index contributed by atoms with van der Waals surface area (Å²) in [5.41, 5.74) is 0.787. The Kier molecular flexibility index (Phi) is 6.57. The number of β-amino-alcohol motifs (C(OH)–C–C–N with tert-alkyl or cyclic N) is 1. The van der Waals surface area contributed by atoms with E-state index in [1.54, 1.807) is 25.3 Å². The first-order valence-electron chi connectivity index (χ1n) is 8.32. The van der Waals surface area contributed by atoms with Gasteiger partial charge >= 0.3 is 5.97 Å². The van der Waals surface area contributed by atoms with Gasteiger partial charge in [-0.1, -0.05) is 12.1 Å². The van der Waals surface area contributed by atoms with Crippen LogP contribution in [0.25, 0.3) is 0 Å². The first kappa shape index (κ1) is 19.7. The first-order chi connectivity index (χ1) is 12.3. The van der Waals surface area contributed by atoms with Gasteiger partial charge in [-0.2, -0.15) is 0 Å². The number of carbonyl (C=O) groups excluding carboxylic acids is 3. The first-order valence-corrected chi connectivity index (χ1v) is 8.32. The summed E-state index contributed by atoms with van der Waals surface area (Å²) in [7, 11) is 2.79. The van der Waals surface area contributed by atoms with Crippen molar-refractivity contribution in [2.75, 3.05) is 20.8 Å². The molecule has 2 rings (SSSR count). The van der Waals surface area contributed by atoms with E-state index in [1.165, 1.54) is 18.9 Å². The van der Waals surface area contributed by atoms with Crippen molar-refractivity contribution in [3.05, 3.63) is 29.8 Å². The van der Waals surface area contributed by atoms with Crippen LogP contribution >= 0.6 is 0 Å². The summed E-state index contributed by atoms with van der Waals surface area (Å²) < 4.78 is 9.95. The quantitative estimate of drug-likeness (QED) is 0.682. The van der Waals surface area contributed by atoms with E-state index in [9.17, 15) is 19.5 Å². The predicted octanol–water partition coefficient (Wildman–Crippen LogP) is -0.123. The Bertz CT molecular complexity index is 677. The molecule has 2 N–H and O–H groups in total. The van der Waals surface area contributed by atoms with Crippen LogP contribution in [-0.4, -0.2) is 66.7 Å². The molecule has 1 fully saturated rings. The number of amides is 2. The maximum Gasteiger partial charge on any atom is 0.328 e. The molecule has 2 amide bonds. The van der Waals surface area contributed by atoms with Gasteiger partial charge in [0.2, 0.25) is 11.8 Å². The van der Waals surface area contributed by atoms with Crippen LogP contribution in [-0.2, 0) is 25.5 Å². The van der Waals surface area contributed by atoms with Crippen LogP contribution in [0.1, 0.15) is 18.9 Å². The molecule has 1 saturated heterocycles. The summed E-state index contributed by atoms with van der Waals surface area (Å²) in [5.74, 6) is -0.743. The maximum absolute atomic E-state index is 12.6. The SMILES string of the molecule is COC(=O)[C@@H](Cc1cccc(OC)c1)NC(=O)[C@@H]1C[C@@H](O)CN1C(C)=O. The number of aliphatic hydroxyl groups excluding tert-OH is 1. The molecule has 8 heteroatoms. The standard InChI is InChI=1S/C18H24N2O6/c1-11(21)20-10-13(22)9-16(20)17(23)19-15(18(24)26-3)8-12-5-4-6-14(7-12)25-2/h4-7,13,15-16,22H,8-10H2,1-3H3,(H,19,23)/t13-,15-,16+/m1/s1. The molecular weight excluding hydrogens is 340 g/mol. The van der Waals surface area contributed by atoms with E-state index < -0.39 is 30.1 Å². The molecule has 0 bridgehead atoms. The topological polar surface area (TPSA) is 105 Å². The van der Waals surface area contributed by atoms with Crippen molar-refractivity contribution in [2.24, 2.45) is 0 Å². The fourth-order valence-corrected chi connectivity index (χ4v) is 3.05. The van der Waals surface area contributed by atoms with E-state index in [0.717, 1.165) is 5.56 Å². The summed E-state index contributed by atoms with van der Waals surface area (Å²) >= 11 is 0. The van der Waals surface area contributed by atoms with Gasteiger partial charge in [0.15, 0.2) is 0 Å². The minimum absolute atomic E-state index is 0.103. The molecule has 1 aromatic carbocycles. The van der Waals surface area contributed by atoms with E-state index >= 15 is 0 Å². The van der Waals surface area contributed by atoms with Gasteiger partial charge in [0.25, 0.3) is 0 Å². The molecule has 1 aromatic rings. The highest BCUT2D eigenvalue weighted by Gasteiger charge is 2.38. The number of rotatable bonds is 6. The zero-order valence-electron chi connectivity index (χ0n) is 15.1. The predicted molar refractivity (Wildman–Crippen MR) is 92.4 cm³/mol. The number of hydrogen-bond acceptors (Lipinski definition) is 6. The third-order valence-electron chi connectivity index (χ3n) is 4.36. The highest BCUT2D eigenvalue weighted by Crippen LogP contribution is 2.19. The van der Waals surface area contributed by atoms with Crippen molar-refractivity contribution >= 4 is 17.8 Å². The number of carbonyl (C=O) groups is 3. The number of hydrogen-bond donors (Lipinski definition) is 2. The van der Waals surface area contributed by atoms with Crippen molar-refractivity contribution in [3.63, 3.8) is 0 Å². The maximum atomic E-state index is 12.6. The molecular formula is C18H24N2O6. The van der Waals surface area contributed by atoms with Crippen molar-refractivity contribution in [1.29, 1.82) is 0 Å². The van der Waals surface area contributed by atoms with Crippen LogP contribution in [0, 0.1) is 0 Å². The molecule has 0 saturated carbocycles. The second-order valence-electron chi connectivity index (χ2n) is 6.22. The normalized spacial score (nSPS) is 20.4. The Labute approximate surface area is 152 Å². The molecule has 1 aliphatic rings. The van der Waals surface area contributed by atoms with Crippen LogP contribution < -0.4 is 10.1 Å². The Morgan fingerprint density at radius 2 is 2.08 bits per heavy atom. The lowest BCUT2D eigenvalue weighted by atomic mass is 10.0. The molecule has 26 heavy (non-hydrogen) atoms. The van der Waals surface area contributed by atoms with Crippen LogP contribution in [0.4, 0.5) is 0 Å². The van der Waals surface area contributed by atoms with Gasteiger partial charge in [0.1, 0.15) is 17.8 Å². The van der Waals surface area contributed by atoms with Gasteiger partial charge < -0.3 is 24.8 Å². The van der Waals surface area contributed by atoms with E-state index in [2.05, 4.69) is 5.32 Å². The summed E-state index contributed by atoms with van der Waals surface area (Å²) in [6, 6.07) is 5.43. The second kappa shape index (κ2) is 8.66. The smallest absolute Gasteiger partial charge is 0.328 e. The Morgan fingerprint density at radius 3 is 2.69 bits per heavy atom. The average molecular weight is 364 g/mol. The van der Waals surface area contributed by atoms with Crippen LogP contribution in [0.5, 0.6) is 5.75 Å². The second-order valence-corrected chi connectivity index (χ2v) is 6.22. The number of likely N-dealkylation sites (tertiary alicyclic amines) is 1. The summed E-state index contributed by atoms with van der Waals surface area (Å²) in [4.78, 5) is 37.7. The molecule has 8 nitrogen and oxygen atoms in total. The minimum Gasteiger partial charge on any atom is -0.497 e. The van der Waals surface area contributed by atoms with Gasteiger partial charge in [-0.3, -0.25) is 9.59 Å². The Hall–Kier alpha value is -2.61. The summed E-state index contributed by atoms with van der Waals surface area (Å²) in [6.07, 6.45) is -0.409. The third-order valence-corrected chi connectivity index (χ3v) is 4.36. The number of nitrogens with one attached hydrogen (secondary N) is 1. The van der Waals surface area contributed by atoms with Gasteiger partial charge in [0, 0.05) is 26.3 Å². The fraction of sp³-hybridized carbons (Fsp3) is 0.500. The van der Waals surface area contributed by atoms with E-state index in [-0.39, 0.29) is 25.3 Å². The van der Waals surface area contributed by atoms with Crippen molar-refractivity contribution in [2.45, 2.75) is 38.0 Å².